The summed E-state index contributed by atoms with van der Waals surface area (Å²) in [5.41, 5.74) is 2.84. The van der Waals surface area contributed by atoms with Gasteiger partial charge in [0.2, 0.25) is 16.0 Å². The summed E-state index contributed by atoms with van der Waals surface area (Å²) in [4.78, 5) is 11.3. The number of sulfonamides is 1. The first-order valence-electron chi connectivity index (χ1n) is 9.33. The van der Waals surface area contributed by atoms with E-state index in [-0.39, 0.29) is 4.90 Å². The minimum Gasteiger partial charge on any atom is -0.341 e. The molecule has 0 bridgehead atoms. The van der Waals surface area contributed by atoms with E-state index in [4.69, 9.17) is 4.98 Å². The van der Waals surface area contributed by atoms with E-state index >= 15 is 0 Å². The van der Waals surface area contributed by atoms with Crippen molar-refractivity contribution in [3.63, 3.8) is 0 Å². The highest BCUT2D eigenvalue weighted by Gasteiger charge is 2.30. The summed E-state index contributed by atoms with van der Waals surface area (Å²) in [6.07, 6.45) is 3.34. The second-order valence-corrected chi connectivity index (χ2v) is 8.97. The number of nitrogens with zero attached hydrogens (tertiary/aromatic N) is 4. The van der Waals surface area contributed by atoms with Crippen LogP contribution in [0.25, 0.3) is 0 Å². The highest BCUT2D eigenvalue weighted by molar-refractivity contribution is 7.89. The Morgan fingerprint density at radius 3 is 2.44 bits per heavy atom. The van der Waals surface area contributed by atoms with Crippen molar-refractivity contribution in [2.75, 3.05) is 31.1 Å². The number of hydrogen-bond donors (Lipinski definition) is 0. The van der Waals surface area contributed by atoms with E-state index in [1.165, 1.54) is 22.5 Å². The Balaban J connectivity index is 1.61. The van der Waals surface area contributed by atoms with Crippen LogP contribution in [-0.4, -0.2) is 48.9 Å². The molecule has 0 saturated carbocycles. The van der Waals surface area contributed by atoms with Crippen molar-refractivity contribution in [3.05, 3.63) is 47.0 Å². The zero-order valence-corrected chi connectivity index (χ0v) is 16.2. The van der Waals surface area contributed by atoms with Gasteiger partial charge in [-0.25, -0.2) is 22.8 Å². The van der Waals surface area contributed by atoms with Crippen molar-refractivity contribution in [2.24, 2.45) is 0 Å². The van der Waals surface area contributed by atoms with Crippen molar-refractivity contribution >= 4 is 16.0 Å². The predicted molar refractivity (Wildman–Crippen MR) is 101 cm³/mol. The molecular formula is C19H23FN4O2S. The fourth-order valence-electron chi connectivity index (χ4n) is 3.84. The third kappa shape index (κ3) is 3.43. The van der Waals surface area contributed by atoms with Gasteiger partial charge in [-0.1, -0.05) is 12.1 Å². The molecule has 0 amide bonds. The van der Waals surface area contributed by atoms with Crippen LogP contribution in [0.5, 0.6) is 0 Å². The van der Waals surface area contributed by atoms with Crippen LogP contribution in [0.4, 0.5) is 10.3 Å². The first kappa shape index (κ1) is 18.3. The molecule has 1 aromatic carbocycles. The summed E-state index contributed by atoms with van der Waals surface area (Å²) in [7, 11) is -3.87. The largest absolute Gasteiger partial charge is 0.341 e. The third-order valence-corrected chi connectivity index (χ3v) is 7.27. The quantitative estimate of drug-likeness (QED) is 0.805. The first-order valence-corrected chi connectivity index (χ1v) is 10.8. The lowest BCUT2D eigenvalue weighted by Crippen LogP contribution is -2.33. The minimum atomic E-state index is -3.87. The van der Waals surface area contributed by atoms with E-state index < -0.39 is 15.8 Å². The molecule has 1 aromatic heterocycles. The van der Waals surface area contributed by atoms with Crippen LogP contribution in [0.3, 0.4) is 0 Å². The van der Waals surface area contributed by atoms with Crippen LogP contribution in [-0.2, 0) is 22.9 Å². The summed E-state index contributed by atoms with van der Waals surface area (Å²) in [5, 5.41) is 0. The number of benzene rings is 1. The second kappa shape index (κ2) is 7.16. The Morgan fingerprint density at radius 2 is 1.70 bits per heavy atom. The van der Waals surface area contributed by atoms with Crippen molar-refractivity contribution in [1.82, 2.24) is 14.3 Å². The molecule has 0 spiro atoms. The molecule has 1 fully saturated rings. The molecule has 0 atom stereocenters. The molecule has 3 heterocycles. The number of rotatable bonds is 3. The molecule has 0 radical (unpaired) electrons. The fraction of sp³-hybridized carbons (Fsp3) is 0.474. The van der Waals surface area contributed by atoms with Gasteiger partial charge in [-0.2, -0.15) is 4.31 Å². The molecule has 1 saturated heterocycles. The first-order chi connectivity index (χ1) is 13.0. The number of hydrogen-bond acceptors (Lipinski definition) is 5. The van der Waals surface area contributed by atoms with Crippen LogP contribution < -0.4 is 4.90 Å². The van der Waals surface area contributed by atoms with Gasteiger partial charge in [0.25, 0.3) is 0 Å². The zero-order chi connectivity index (χ0) is 19.0. The Bertz CT molecular complexity index is 958. The fourth-order valence-corrected chi connectivity index (χ4v) is 5.35. The lowest BCUT2D eigenvalue weighted by atomic mass is 10.1. The molecule has 2 aliphatic heterocycles. The molecule has 0 unspecified atom stereocenters. The Kier molecular flexibility index (Phi) is 4.86. The number of anilines is 1. The van der Waals surface area contributed by atoms with Crippen molar-refractivity contribution in [3.8, 4) is 0 Å². The highest BCUT2D eigenvalue weighted by atomic mass is 32.2. The SMILES string of the molecule is Cc1nc(N2CCCC2)nc2c1CCN(S(=O)(=O)c1ccccc1F)CC2. The zero-order valence-electron chi connectivity index (χ0n) is 15.4. The number of halogens is 1. The average Bonchev–Trinajstić information content (AvgIpc) is 3.08. The summed E-state index contributed by atoms with van der Waals surface area (Å²) >= 11 is 0. The topological polar surface area (TPSA) is 66.4 Å². The van der Waals surface area contributed by atoms with E-state index in [1.807, 2.05) is 6.92 Å². The predicted octanol–water partition coefficient (Wildman–Crippen LogP) is 2.31. The maximum absolute atomic E-state index is 14.1. The molecule has 8 heteroatoms. The summed E-state index contributed by atoms with van der Waals surface area (Å²) in [6.45, 7) is 4.48. The summed E-state index contributed by atoms with van der Waals surface area (Å²) in [6, 6.07) is 5.53. The summed E-state index contributed by atoms with van der Waals surface area (Å²) in [5.74, 6) is 0.0284. The van der Waals surface area contributed by atoms with E-state index in [0.717, 1.165) is 48.8 Å². The lowest BCUT2D eigenvalue weighted by molar-refractivity contribution is 0.422. The van der Waals surface area contributed by atoms with Gasteiger partial charge in [-0.15, -0.1) is 0 Å². The summed E-state index contributed by atoms with van der Waals surface area (Å²) < 4.78 is 41.3. The van der Waals surface area contributed by atoms with Crippen LogP contribution in [0.2, 0.25) is 0 Å². The van der Waals surface area contributed by atoms with Crippen LogP contribution in [0, 0.1) is 12.7 Å². The third-order valence-electron chi connectivity index (χ3n) is 5.34. The van der Waals surface area contributed by atoms with Crippen molar-refractivity contribution in [2.45, 2.75) is 37.5 Å². The Labute approximate surface area is 159 Å². The maximum atomic E-state index is 14.1. The monoisotopic (exact) mass is 390 g/mol. The molecule has 2 aliphatic rings. The van der Waals surface area contributed by atoms with Crippen molar-refractivity contribution < 1.29 is 12.8 Å². The van der Waals surface area contributed by atoms with Gasteiger partial charge in [-0.05, 0) is 43.9 Å². The number of aromatic nitrogens is 2. The van der Waals surface area contributed by atoms with Gasteiger partial charge < -0.3 is 4.90 Å². The minimum absolute atomic E-state index is 0.267. The standard InChI is InChI=1S/C19H23FN4O2S/c1-14-15-8-12-24(27(25,26)18-7-3-2-6-16(18)20)13-9-17(15)22-19(21-14)23-10-4-5-11-23/h2-3,6-7H,4-5,8-13H2,1H3. The number of fused-ring (bicyclic) bond motifs is 1. The molecule has 0 N–H and O–H groups in total. The number of aryl methyl sites for hydroxylation is 1. The Hall–Kier alpha value is -2.06. The van der Waals surface area contributed by atoms with Gasteiger partial charge in [-0.3, -0.25) is 0 Å². The van der Waals surface area contributed by atoms with E-state index in [9.17, 15) is 12.8 Å². The van der Waals surface area contributed by atoms with Gasteiger partial charge in [0.15, 0.2) is 0 Å². The van der Waals surface area contributed by atoms with Crippen LogP contribution >= 0.6 is 0 Å². The lowest BCUT2D eigenvalue weighted by Gasteiger charge is -2.20. The van der Waals surface area contributed by atoms with E-state index in [0.29, 0.717) is 25.9 Å². The maximum Gasteiger partial charge on any atom is 0.246 e. The van der Waals surface area contributed by atoms with Gasteiger partial charge in [0, 0.05) is 38.3 Å². The van der Waals surface area contributed by atoms with E-state index in [2.05, 4.69) is 9.88 Å². The van der Waals surface area contributed by atoms with Crippen LogP contribution in [0.1, 0.15) is 29.8 Å². The molecule has 6 nitrogen and oxygen atoms in total. The van der Waals surface area contributed by atoms with Gasteiger partial charge >= 0.3 is 0 Å². The van der Waals surface area contributed by atoms with E-state index in [1.54, 1.807) is 6.07 Å². The highest BCUT2D eigenvalue weighted by Crippen LogP contribution is 2.26. The van der Waals surface area contributed by atoms with Gasteiger partial charge in [0.1, 0.15) is 10.7 Å². The normalized spacial score (nSPS) is 18.4. The molecule has 0 aliphatic carbocycles. The molecular weight excluding hydrogens is 367 g/mol. The molecule has 2 aromatic rings. The smallest absolute Gasteiger partial charge is 0.246 e. The molecule has 27 heavy (non-hydrogen) atoms. The van der Waals surface area contributed by atoms with Crippen molar-refractivity contribution in [1.29, 1.82) is 0 Å². The average molecular weight is 390 g/mol. The van der Waals surface area contributed by atoms with Gasteiger partial charge in [0.05, 0.1) is 5.69 Å². The molecule has 4 rings (SSSR count). The second-order valence-electron chi connectivity index (χ2n) is 7.06. The Morgan fingerprint density at radius 1 is 1.00 bits per heavy atom. The molecule has 144 valence electrons. The van der Waals surface area contributed by atoms with Crippen LogP contribution in [0.15, 0.2) is 29.2 Å².